The lowest BCUT2D eigenvalue weighted by atomic mass is 10.1. The summed E-state index contributed by atoms with van der Waals surface area (Å²) in [5.74, 6) is -1.38. The summed E-state index contributed by atoms with van der Waals surface area (Å²) in [7, 11) is 1.49. The van der Waals surface area contributed by atoms with Crippen LogP contribution in [0.2, 0.25) is 10.0 Å². The maximum absolute atomic E-state index is 13.2. The zero-order valence-corrected chi connectivity index (χ0v) is 22.8. The van der Waals surface area contributed by atoms with Crippen LogP contribution in [0.4, 0.5) is 16.2 Å². The molecule has 0 bridgehead atoms. The van der Waals surface area contributed by atoms with E-state index in [2.05, 4.69) is 10.6 Å². The number of hydrogen-bond acceptors (Lipinski definition) is 7. The monoisotopic (exact) mass is 583 g/mol. The van der Waals surface area contributed by atoms with Gasteiger partial charge >= 0.3 is 6.03 Å². The predicted molar refractivity (Wildman–Crippen MR) is 150 cm³/mol. The van der Waals surface area contributed by atoms with Gasteiger partial charge in [-0.2, -0.15) is 0 Å². The Kier molecular flexibility index (Phi) is 8.93. The Morgan fingerprint density at radius 2 is 1.73 bits per heavy atom. The lowest BCUT2D eigenvalue weighted by Gasteiger charge is -2.26. The van der Waals surface area contributed by atoms with Crippen LogP contribution in [-0.4, -0.2) is 44.1 Å². The molecule has 2 N–H and O–H groups in total. The molecule has 12 heteroatoms. The molecule has 0 saturated carbocycles. The van der Waals surface area contributed by atoms with Crippen LogP contribution >= 0.6 is 23.2 Å². The first-order chi connectivity index (χ1) is 19.2. The van der Waals surface area contributed by atoms with E-state index in [0.29, 0.717) is 22.0 Å². The van der Waals surface area contributed by atoms with Crippen molar-refractivity contribution in [3.05, 3.63) is 81.8 Å². The average Bonchev–Trinajstić information content (AvgIpc) is 2.92. The number of anilines is 2. The first kappa shape index (κ1) is 28.5. The van der Waals surface area contributed by atoms with Crippen molar-refractivity contribution in [2.45, 2.75) is 6.92 Å². The number of rotatable bonds is 9. The van der Waals surface area contributed by atoms with Gasteiger partial charge in [-0.25, -0.2) is 9.69 Å². The Hall–Kier alpha value is -4.54. The number of amides is 5. The van der Waals surface area contributed by atoms with Gasteiger partial charge in [0.1, 0.15) is 11.3 Å². The molecule has 5 amide bonds. The van der Waals surface area contributed by atoms with Crippen molar-refractivity contribution in [1.82, 2.24) is 5.32 Å². The van der Waals surface area contributed by atoms with Crippen LogP contribution in [0.25, 0.3) is 6.08 Å². The van der Waals surface area contributed by atoms with E-state index in [1.807, 2.05) is 0 Å². The van der Waals surface area contributed by atoms with Gasteiger partial charge < -0.3 is 19.5 Å². The minimum atomic E-state index is -0.885. The fourth-order valence-corrected chi connectivity index (χ4v) is 4.21. The number of para-hydroxylation sites is 1. The Morgan fingerprint density at radius 1 is 1.00 bits per heavy atom. The summed E-state index contributed by atoms with van der Waals surface area (Å²) in [6.45, 7) is 1.58. The molecule has 3 aromatic rings. The lowest BCUT2D eigenvalue weighted by molar-refractivity contribution is -0.122. The number of benzene rings is 3. The second-order valence-electron chi connectivity index (χ2n) is 8.24. The molecule has 0 aromatic heterocycles. The first-order valence-corrected chi connectivity index (χ1v) is 12.7. The van der Waals surface area contributed by atoms with Gasteiger partial charge in [-0.1, -0.05) is 35.3 Å². The van der Waals surface area contributed by atoms with E-state index in [1.165, 1.54) is 37.5 Å². The van der Waals surface area contributed by atoms with Crippen molar-refractivity contribution in [3.8, 4) is 17.2 Å². The number of nitrogens with one attached hydrogen (secondary N) is 2. The van der Waals surface area contributed by atoms with Crippen molar-refractivity contribution in [2.24, 2.45) is 0 Å². The largest absolute Gasteiger partial charge is 0.497 e. The Bertz CT molecular complexity index is 1510. The zero-order valence-electron chi connectivity index (χ0n) is 21.3. The fourth-order valence-electron chi connectivity index (χ4n) is 3.75. The quantitative estimate of drug-likeness (QED) is 0.266. The van der Waals surface area contributed by atoms with Crippen LogP contribution < -0.4 is 29.7 Å². The summed E-state index contributed by atoms with van der Waals surface area (Å²) in [5.41, 5.74) is 0.688. The van der Waals surface area contributed by atoms with E-state index in [-0.39, 0.29) is 34.4 Å². The number of ether oxygens (including phenoxy) is 3. The van der Waals surface area contributed by atoms with Crippen LogP contribution in [0, 0.1) is 0 Å². The van der Waals surface area contributed by atoms with Crippen molar-refractivity contribution in [3.63, 3.8) is 0 Å². The Morgan fingerprint density at radius 3 is 2.40 bits per heavy atom. The van der Waals surface area contributed by atoms with Gasteiger partial charge in [-0.05, 0) is 67.1 Å². The lowest BCUT2D eigenvalue weighted by Crippen LogP contribution is -2.54. The second-order valence-corrected chi connectivity index (χ2v) is 9.05. The van der Waals surface area contributed by atoms with Crippen LogP contribution in [-0.2, 0) is 14.4 Å². The standard InChI is InChI=1S/C28H23Cl2N3O7/c1-3-39-23-14-16(13-21(30)25(23)40-15-24(34)31-22-7-5-4-6-20(22)29)12-19-26(35)32-28(37)33(27(19)36)17-8-10-18(38-2)11-9-17/h4-14H,3,15H2,1-2H3,(H,31,34)(H,32,35,37)/b19-12+. The SMILES string of the molecule is CCOc1cc(/C=C2\C(=O)NC(=O)N(c3ccc(OC)cc3)C2=O)cc(Cl)c1OCC(=O)Nc1ccccc1Cl. The Balaban J connectivity index is 1.58. The van der Waals surface area contributed by atoms with Crippen LogP contribution in [0.3, 0.4) is 0 Å². The maximum Gasteiger partial charge on any atom is 0.335 e. The molecular weight excluding hydrogens is 561 g/mol. The molecule has 1 fully saturated rings. The number of nitrogens with zero attached hydrogens (tertiary/aromatic N) is 1. The third-order valence-electron chi connectivity index (χ3n) is 5.57. The van der Waals surface area contributed by atoms with Crippen molar-refractivity contribution in [1.29, 1.82) is 0 Å². The molecular formula is C28H23Cl2N3O7. The molecule has 1 aliphatic rings. The van der Waals surface area contributed by atoms with Crippen molar-refractivity contribution < 1.29 is 33.4 Å². The number of barbiturate groups is 1. The van der Waals surface area contributed by atoms with Gasteiger partial charge in [-0.15, -0.1) is 0 Å². The molecule has 0 unspecified atom stereocenters. The molecule has 4 rings (SSSR count). The highest BCUT2D eigenvalue weighted by Crippen LogP contribution is 2.38. The molecule has 10 nitrogen and oxygen atoms in total. The van der Waals surface area contributed by atoms with Crippen LogP contribution in [0.15, 0.2) is 66.2 Å². The van der Waals surface area contributed by atoms with Gasteiger partial charge in [0.15, 0.2) is 18.1 Å². The second kappa shape index (κ2) is 12.5. The molecule has 0 spiro atoms. The summed E-state index contributed by atoms with van der Waals surface area (Å²) in [4.78, 5) is 51.6. The van der Waals surface area contributed by atoms with E-state index in [4.69, 9.17) is 37.4 Å². The molecule has 3 aromatic carbocycles. The summed E-state index contributed by atoms with van der Waals surface area (Å²) in [6.07, 6.45) is 1.28. The van der Waals surface area contributed by atoms with Crippen molar-refractivity contribution in [2.75, 3.05) is 30.5 Å². The first-order valence-electron chi connectivity index (χ1n) is 11.9. The van der Waals surface area contributed by atoms with E-state index in [9.17, 15) is 19.2 Å². The molecule has 1 saturated heterocycles. The number of halogens is 2. The van der Waals surface area contributed by atoms with Crippen LogP contribution in [0.5, 0.6) is 17.2 Å². The van der Waals surface area contributed by atoms with E-state index >= 15 is 0 Å². The van der Waals surface area contributed by atoms with Gasteiger partial charge in [0, 0.05) is 0 Å². The summed E-state index contributed by atoms with van der Waals surface area (Å²) in [6, 6.07) is 15.0. The van der Waals surface area contributed by atoms with E-state index in [1.54, 1.807) is 43.3 Å². The highest BCUT2D eigenvalue weighted by molar-refractivity contribution is 6.39. The third-order valence-corrected chi connectivity index (χ3v) is 6.18. The fraction of sp³-hybridized carbons (Fsp3) is 0.143. The van der Waals surface area contributed by atoms with Gasteiger partial charge in [0.25, 0.3) is 17.7 Å². The number of carbonyl (C=O) groups is 4. The minimum absolute atomic E-state index is 0.0649. The van der Waals surface area contributed by atoms with Crippen LogP contribution in [0.1, 0.15) is 12.5 Å². The molecule has 0 aliphatic carbocycles. The molecule has 1 aliphatic heterocycles. The number of hydrogen-bond donors (Lipinski definition) is 2. The Labute approximate surface area is 239 Å². The minimum Gasteiger partial charge on any atom is -0.497 e. The zero-order chi connectivity index (χ0) is 28.8. The van der Waals surface area contributed by atoms with E-state index in [0.717, 1.165) is 4.90 Å². The number of methoxy groups -OCH3 is 1. The number of urea groups is 1. The maximum atomic E-state index is 13.2. The molecule has 0 radical (unpaired) electrons. The molecule has 206 valence electrons. The number of carbonyl (C=O) groups excluding carboxylic acids is 4. The summed E-state index contributed by atoms with van der Waals surface area (Å²) in [5, 5.41) is 5.24. The highest BCUT2D eigenvalue weighted by Gasteiger charge is 2.37. The van der Waals surface area contributed by atoms with Gasteiger partial charge in [0.2, 0.25) is 0 Å². The van der Waals surface area contributed by atoms with E-state index < -0.39 is 30.4 Å². The summed E-state index contributed by atoms with van der Waals surface area (Å²) < 4.78 is 16.4. The van der Waals surface area contributed by atoms with Gasteiger partial charge in [0.05, 0.1) is 35.1 Å². The highest BCUT2D eigenvalue weighted by atomic mass is 35.5. The molecule has 0 atom stereocenters. The van der Waals surface area contributed by atoms with Gasteiger partial charge in [-0.3, -0.25) is 19.7 Å². The molecule has 40 heavy (non-hydrogen) atoms. The summed E-state index contributed by atoms with van der Waals surface area (Å²) >= 11 is 12.5. The molecule has 1 heterocycles. The third kappa shape index (κ3) is 6.36. The average molecular weight is 584 g/mol. The topological polar surface area (TPSA) is 123 Å². The number of imide groups is 2. The predicted octanol–water partition coefficient (Wildman–Crippen LogP) is 5.08. The van der Waals surface area contributed by atoms with Crippen molar-refractivity contribution >= 4 is 64.4 Å². The normalized spacial score (nSPS) is 14.2. The smallest absolute Gasteiger partial charge is 0.335 e.